The third kappa shape index (κ3) is 2.40. The summed E-state index contributed by atoms with van der Waals surface area (Å²) in [6, 6.07) is 6.94. The Morgan fingerprint density at radius 2 is 1.84 bits per heavy atom. The normalized spacial score (nSPS) is 14.6. The van der Waals surface area contributed by atoms with Crippen molar-refractivity contribution in [1.82, 2.24) is 0 Å². The maximum absolute atomic E-state index is 11.7. The summed E-state index contributed by atoms with van der Waals surface area (Å²) in [6.45, 7) is 3.63. The monoisotopic (exact) mass is 260 g/mol. The van der Waals surface area contributed by atoms with Crippen molar-refractivity contribution in [2.45, 2.75) is 13.8 Å². The standard InChI is InChI=1S/C14H12O5/c1-3-18-13(16)10-11(15)14(17)19-12(10)9-6-4-8(2)5-7-9/h4-7H,3H2,1-2H3. The Hall–Kier alpha value is -2.43. The minimum absolute atomic E-state index is 0.0338. The van der Waals surface area contributed by atoms with E-state index in [4.69, 9.17) is 9.47 Å². The number of carbonyl (C=O) groups is 3. The number of hydrogen-bond acceptors (Lipinski definition) is 5. The molecule has 0 N–H and O–H groups in total. The van der Waals surface area contributed by atoms with Gasteiger partial charge in [0.2, 0.25) is 0 Å². The molecule has 1 heterocycles. The van der Waals surface area contributed by atoms with Gasteiger partial charge in [0.25, 0.3) is 5.78 Å². The van der Waals surface area contributed by atoms with Gasteiger partial charge in [-0.25, -0.2) is 9.59 Å². The molecule has 0 aromatic heterocycles. The second kappa shape index (κ2) is 5.06. The number of aryl methyl sites for hydroxylation is 1. The van der Waals surface area contributed by atoms with Crippen LogP contribution in [0.3, 0.4) is 0 Å². The number of hydrogen-bond donors (Lipinski definition) is 0. The lowest BCUT2D eigenvalue weighted by molar-refractivity contribution is -0.147. The van der Waals surface area contributed by atoms with E-state index in [1.54, 1.807) is 31.2 Å². The fraction of sp³-hybridized carbons (Fsp3) is 0.214. The number of ether oxygens (including phenoxy) is 2. The van der Waals surface area contributed by atoms with E-state index in [9.17, 15) is 14.4 Å². The van der Waals surface area contributed by atoms with Crippen molar-refractivity contribution in [1.29, 1.82) is 0 Å². The zero-order valence-electron chi connectivity index (χ0n) is 10.6. The molecule has 0 amide bonds. The highest BCUT2D eigenvalue weighted by Gasteiger charge is 2.39. The fourth-order valence-electron chi connectivity index (χ4n) is 1.69. The largest absolute Gasteiger partial charge is 0.462 e. The molecular weight excluding hydrogens is 248 g/mol. The van der Waals surface area contributed by atoms with Gasteiger partial charge in [0.15, 0.2) is 11.3 Å². The van der Waals surface area contributed by atoms with Crippen molar-refractivity contribution in [3.05, 3.63) is 41.0 Å². The molecular formula is C14H12O5. The van der Waals surface area contributed by atoms with Crippen LogP contribution in [0.4, 0.5) is 0 Å². The Morgan fingerprint density at radius 3 is 2.42 bits per heavy atom. The molecule has 0 fully saturated rings. The first-order chi connectivity index (χ1) is 9.04. The van der Waals surface area contributed by atoms with Crippen LogP contribution < -0.4 is 0 Å². The van der Waals surface area contributed by atoms with Crippen LogP contribution in [0, 0.1) is 6.92 Å². The number of ketones is 1. The fourth-order valence-corrected chi connectivity index (χ4v) is 1.69. The number of esters is 2. The van der Waals surface area contributed by atoms with E-state index in [1.165, 1.54) is 0 Å². The average molecular weight is 260 g/mol. The van der Waals surface area contributed by atoms with E-state index in [0.717, 1.165) is 5.56 Å². The second-order valence-corrected chi connectivity index (χ2v) is 4.01. The van der Waals surface area contributed by atoms with Crippen LogP contribution in [-0.2, 0) is 23.9 Å². The van der Waals surface area contributed by atoms with Gasteiger partial charge in [0.1, 0.15) is 0 Å². The smallest absolute Gasteiger partial charge is 0.385 e. The zero-order valence-corrected chi connectivity index (χ0v) is 10.6. The third-order valence-corrected chi connectivity index (χ3v) is 2.63. The Morgan fingerprint density at radius 1 is 1.21 bits per heavy atom. The first kappa shape index (κ1) is 13.0. The molecule has 1 aliphatic rings. The third-order valence-electron chi connectivity index (χ3n) is 2.63. The van der Waals surface area contributed by atoms with Gasteiger partial charge in [-0.05, 0) is 13.8 Å². The van der Waals surface area contributed by atoms with E-state index >= 15 is 0 Å². The zero-order chi connectivity index (χ0) is 14.0. The van der Waals surface area contributed by atoms with Crippen molar-refractivity contribution in [3.63, 3.8) is 0 Å². The predicted molar refractivity (Wildman–Crippen MR) is 65.8 cm³/mol. The number of benzene rings is 1. The summed E-state index contributed by atoms with van der Waals surface area (Å²) < 4.78 is 9.64. The van der Waals surface area contributed by atoms with Gasteiger partial charge in [-0.15, -0.1) is 0 Å². The van der Waals surface area contributed by atoms with Crippen LogP contribution in [0.2, 0.25) is 0 Å². The van der Waals surface area contributed by atoms with Crippen LogP contribution in [0.15, 0.2) is 29.8 Å². The maximum Gasteiger partial charge on any atom is 0.385 e. The number of Topliss-reactive ketones (excluding diaryl/α,β-unsaturated/α-hetero) is 1. The molecule has 0 bridgehead atoms. The molecule has 19 heavy (non-hydrogen) atoms. The lowest BCUT2D eigenvalue weighted by atomic mass is 10.1. The Kier molecular flexibility index (Phi) is 3.46. The van der Waals surface area contributed by atoms with E-state index < -0.39 is 17.7 Å². The van der Waals surface area contributed by atoms with Gasteiger partial charge in [-0.1, -0.05) is 29.8 Å². The predicted octanol–water partition coefficient (Wildman–Crippen LogP) is 1.40. The van der Waals surface area contributed by atoms with Crippen LogP contribution in [0.25, 0.3) is 5.76 Å². The summed E-state index contributed by atoms with van der Waals surface area (Å²) in [4.78, 5) is 34.7. The molecule has 5 heteroatoms. The van der Waals surface area contributed by atoms with Crippen molar-refractivity contribution in [2.75, 3.05) is 6.61 Å². The van der Waals surface area contributed by atoms with Crippen LogP contribution in [0.5, 0.6) is 0 Å². The minimum Gasteiger partial charge on any atom is -0.462 e. The molecule has 2 rings (SSSR count). The Bertz CT molecular complexity index is 580. The lowest BCUT2D eigenvalue weighted by Gasteiger charge is -2.04. The Labute approximate surface area is 109 Å². The molecule has 98 valence electrons. The van der Waals surface area contributed by atoms with Crippen LogP contribution in [-0.4, -0.2) is 24.3 Å². The number of rotatable bonds is 3. The van der Waals surface area contributed by atoms with Gasteiger partial charge in [0, 0.05) is 5.56 Å². The molecule has 5 nitrogen and oxygen atoms in total. The number of cyclic esters (lactones) is 1. The van der Waals surface area contributed by atoms with Crippen LogP contribution in [0.1, 0.15) is 18.1 Å². The summed E-state index contributed by atoms with van der Waals surface area (Å²) in [7, 11) is 0. The SMILES string of the molecule is CCOC(=O)C1=C(c2ccc(C)cc2)OC(=O)C1=O. The summed E-state index contributed by atoms with van der Waals surface area (Å²) in [6.07, 6.45) is 0. The molecule has 0 aliphatic carbocycles. The van der Waals surface area contributed by atoms with Crippen LogP contribution >= 0.6 is 0 Å². The highest BCUT2D eigenvalue weighted by molar-refractivity contribution is 6.51. The molecule has 0 saturated heterocycles. The summed E-state index contributed by atoms with van der Waals surface area (Å²) in [5.41, 5.74) is 1.17. The van der Waals surface area contributed by atoms with Crippen molar-refractivity contribution in [2.24, 2.45) is 0 Å². The highest BCUT2D eigenvalue weighted by atomic mass is 16.6. The number of carbonyl (C=O) groups excluding carboxylic acids is 3. The maximum atomic E-state index is 11.7. The average Bonchev–Trinajstić information content (AvgIpc) is 2.67. The summed E-state index contributed by atoms with van der Waals surface area (Å²) in [5, 5.41) is 0. The molecule has 1 aliphatic heterocycles. The second-order valence-electron chi connectivity index (χ2n) is 4.01. The molecule has 0 radical (unpaired) electrons. The molecule has 0 unspecified atom stereocenters. The minimum atomic E-state index is -1.06. The molecule has 1 aromatic carbocycles. The van der Waals surface area contributed by atoms with E-state index in [1.807, 2.05) is 6.92 Å². The van der Waals surface area contributed by atoms with Crippen molar-refractivity contribution < 1.29 is 23.9 Å². The van der Waals surface area contributed by atoms with E-state index in [2.05, 4.69) is 0 Å². The van der Waals surface area contributed by atoms with E-state index in [0.29, 0.717) is 5.56 Å². The highest BCUT2D eigenvalue weighted by Crippen LogP contribution is 2.28. The van der Waals surface area contributed by atoms with Crippen molar-refractivity contribution in [3.8, 4) is 0 Å². The van der Waals surface area contributed by atoms with Gasteiger partial charge >= 0.3 is 11.9 Å². The van der Waals surface area contributed by atoms with Gasteiger partial charge < -0.3 is 9.47 Å². The molecule has 0 spiro atoms. The quantitative estimate of drug-likeness (QED) is 0.466. The van der Waals surface area contributed by atoms with Gasteiger partial charge in [0.05, 0.1) is 6.61 Å². The molecule has 0 atom stereocenters. The summed E-state index contributed by atoms with van der Waals surface area (Å²) in [5.74, 6) is -2.89. The van der Waals surface area contributed by atoms with Gasteiger partial charge in [-0.2, -0.15) is 0 Å². The van der Waals surface area contributed by atoms with E-state index in [-0.39, 0.29) is 17.9 Å². The van der Waals surface area contributed by atoms with Crippen molar-refractivity contribution >= 4 is 23.5 Å². The molecule has 1 aromatic rings. The lowest BCUT2D eigenvalue weighted by Crippen LogP contribution is -2.17. The van der Waals surface area contributed by atoms with Gasteiger partial charge in [-0.3, -0.25) is 4.79 Å². The molecule has 0 saturated carbocycles. The first-order valence-corrected chi connectivity index (χ1v) is 5.79. The first-order valence-electron chi connectivity index (χ1n) is 5.79. The topological polar surface area (TPSA) is 69.7 Å². The summed E-state index contributed by atoms with van der Waals surface area (Å²) >= 11 is 0. The Balaban J connectivity index is 2.48.